The van der Waals surface area contributed by atoms with Crippen molar-refractivity contribution in [1.82, 2.24) is 14.8 Å². The monoisotopic (exact) mass is 405 g/mol. The molecular weight excluding hydrogens is 389 g/mol. The summed E-state index contributed by atoms with van der Waals surface area (Å²) in [6.07, 6.45) is 3.15. The Balaban J connectivity index is 1.36. The molecule has 1 saturated heterocycles. The number of piperazine rings is 1. The highest BCUT2D eigenvalue weighted by Gasteiger charge is 2.24. The van der Waals surface area contributed by atoms with Crippen molar-refractivity contribution < 1.29 is 13.6 Å². The van der Waals surface area contributed by atoms with Crippen molar-refractivity contribution in [2.24, 2.45) is 0 Å². The summed E-state index contributed by atoms with van der Waals surface area (Å²) in [5, 5.41) is 1.07. The molecule has 2 aromatic heterocycles. The Morgan fingerprint density at radius 3 is 2.63 bits per heavy atom. The van der Waals surface area contributed by atoms with Gasteiger partial charge in [-0.1, -0.05) is 23.2 Å². The average molecular weight is 406 g/mol. The molecule has 0 atom stereocenters. The van der Waals surface area contributed by atoms with Gasteiger partial charge in [-0.25, -0.2) is 4.98 Å². The molecule has 6 nitrogen and oxygen atoms in total. The quantitative estimate of drug-likeness (QED) is 0.650. The van der Waals surface area contributed by atoms with Crippen LogP contribution in [0.2, 0.25) is 10.0 Å². The number of carbonyl (C=O) groups excluding carboxylic acids is 1. The van der Waals surface area contributed by atoms with Crippen LogP contribution in [0.25, 0.3) is 11.5 Å². The normalized spacial score (nSPS) is 15.3. The summed E-state index contributed by atoms with van der Waals surface area (Å²) in [6, 6.07) is 8.62. The zero-order valence-corrected chi connectivity index (χ0v) is 15.9. The number of halogens is 2. The van der Waals surface area contributed by atoms with Gasteiger partial charge in [-0.3, -0.25) is 9.69 Å². The molecule has 0 saturated carbocycles. The van der Waals surface area contributed by atoms with Crippen LogP contribution in [0.15, 0.2) is 51.7 Å². The summed E-state index contributed by atoms with van der Waals surface area (Å²) >= 11 is 12.1. The van der Waals surface area contributed by atoms with E-state index >= 15 is 0 Å². The summed E-state index contributed by atoms with van der Waals surface area (Å²) in [4.78, 5) is 20.9. The topological polar surface area (TPSA) is 62.7 Å². The van der Waals surface area contributed by atoms with Crippen LogP contribution in [-0.4, -0.2) is 46.9 Å². The molecule has 1 aromatic carbocycles. The molecule has 140 valence electrons. The number of carbonyl (C=O) groups is 1. The number of furan rings is 1. The van der Waals surface area contributed by atoms with Crippen molar-refractivity contribution in [1.29, 1.82) is 0 Å². The van der Waals surface area contributed by atoms with Crippen LogP contribution in [0.5, 0.6) is 0 Å². The SMILES string of the molecule is O=C(c1ccco1)N1CCN(Cc2coc(-c3ccc(Cl)cc3Cl)n2)CC1. The molecule has 0 aliphatic carbocycles. The van der Waals surface area contributed by atoms with E-state index in [1.807, 2.05) is 0 Å². The van der Waals surface area contributed by atoms with Crippen LogP contribution >= 0.6 is 23.2 Å². The molecule has 3 aromatic rings. The molecule has 1 aliphatic rings. The van der Waals surface area contributed by atoms with Gasteiger partial charge in [0.05, 0.1) is 22.5 Å². The number of benzene rings is 1. The van der Waals surface area contributed by atoms with Crippen LogP contribution < -0.4 is 0 Å². The van der Waals surface area contributed by atoms with Crippen molar-refractivity contribution in [3.05, 3.63) is 64.4 Å². The van der Waals surface area contributed by atoms with Gasteiger partial charge in [0, 0.05) is 37.7 Å². The van der Waals surface area contributed by atoms with Crippen LogP contribution in [0.1, 0.15) is 16.2 Å². The zero-order chi connectivity index (χ0) is 18.8. The molecule has 1 aliphatic heterocycles. The maximum Gasteiger partial charge on any atom is 0.289 e. The summed E-state index contributed by atoms with van der Waals surface area (Å²) < 4.78 is 10.8. The van der Waals surface area contributed by atoms with Gasteiger partial charge in [0.2, 0.25) is 5.89 Å². The smallest absolute Gasteiger partial charge is 0.289 e. The molecule has 27 heavy (non-hydrogen) atoms. The highest BCUT2D eigenvalue weighted by molar-refractivity contribution is 6.36. The minimum absolute atomic E-state index is 0.0687. The van der Waals surface area contributed by atoms with E-state index in [1.54, 1.807) is 41.5 Å². The maximum absolute atomic E-state index is 12.3. The minimum Gasteiger partial charge on any atom is -0.459 e. The molecule has 8 heteroatoms. The molecule has 0 radical (unpaired) electrons. The largest absolute Gasteiger partial charge is 0.459 e. The fourth-order valence-corrected chi connectivity index (χ4v) is 3.55. The molecule has 0 spiro atoms. The first-order valence-corrected chi connectivity index (χ1v) is 9.31. The van der Waals surface area contributed by atoms with Gasteiger partial charge in [0.25, 0.3) is 5.91 Å². The predicted molar refractivity (Wildman–Crippen MR) is 102 cm³/mol. The Hall–Kier alpha value is -2.28. The van der Waals surface area contributed by atoms with Crippen molar-refractivity contribution >= 4 is 29.1 Å². The molecule has 3 heterocycles. The van der Waals surface area contributed by atoms with Crippen LogP contribution in [0.4, 0.5) is 0 Å². The number of hydrogen-bond acceptors (Lipinski definition) is 5. The van der Waals surface area contributed by atoms with Crippen molar-refractivity contribution in [3.63, 3.8) is 0 Å². The molecule has 1 fully saturated rings. The lowest BCUT2D eigenvalue weighted by molar-refractivity contribution is 0.0596. The predicted octanol–water partition coefficient (Wildman–Crippen LogP) is 4.20. The first kappa shape index (κ1) is 18.1. The van der Waals surface area contributed by atoms with E-state index < -0.39 is 0 Å². The Morgan fingerprint density at radius 1 is 1.11 bits per heavy atom. The Kier molecular flexibility index (Phi) is 5.20. The maximum atomic E-state index is 12.3. The first-order chi connectivity index (χ1) is 13.1. The summed E-state index contributed by atoms with van der Waals surface area (Å²) in [5.41, 5.74) is 1.53. The lowest BCUT2D eigenvalue weighted by Crippen LogP contribution is -2.48. The van der Waals surface area contributed by atoms with E-state index in [1.165, 1.54) is 6.26 Å². The fourth-order valence-electron chi connectivity index (χ4n) is 3.06. The molecule has 0 N–H and O–H groups in total. The first-order valence-electron chi connectivity index (χ1n) is 8.55. The lowest BCUT2D eigenvalue weighted by Gasteiger charge is -2.33. The van der Waals surface area contributed by atoms with Crippen molar-refractivity contribution in [3.8, 4) is 11.5 Å². The van der Waals surface area contributed by atoms with Crippen LogP contribution in [0.3, 0.4) is 0 Å². The second-order valence-corrected chi connectivity index (χ2v) is 7.16. The van der Waals surface area contributed by atoms with Crippen molar-refractivity contribution in [2.45, 2.75) is 6.54 Å². The second-order valence-electron chi connectivity index (χ2n) is 6.31. The molecule has 1 amide bonds. The van der Waals surface area contributed by atoms with Gasteiger partial charge in [0.15, 0.2) is 5.76 Å². The van der Waals surface area contributed by atoms with Gasteiger partial charge in [0.1, 0.15) is 6.26 Å². The van der Waals surface area contributed by atoms with E-state index in [2.05, 4.69) is 9.88 Å². The van der Waals surface area contributed by atoms with Gasteiger partial charge in [-0.05, 0) is 30.3 Å². The number of nitrogens with zero attached hydrogens (tertiary/aromatic N) is 3. The van der Waals surface area contributed by atoms with Gasteiger partial charge >= 0.3 is 0 Å². The number of aromatic nitrogens is 1. The third kappa shape index (κ3) is 4.03. The minimum atomic E-state index is -0.0687. The highest BCUT2D eigenvalue weighted by atomic mass is 35.5. The average Bonchev–Trinajstić information content (AvgIpc) is 3.34. The summed E-state index contributed by atoms with van der Waals surface area (Å²) in [6.45, 7) is 3.46. The molecule has 4 rings (SSSR count). The standard InChI is InChI=1S/C19H17Cl2N3O3/c20-13-3-4-15(16(21)10-13)18-22-14(12-27-18)11-23-5-7-24(8-6-23)19(25)17-2-1-9-26-17/h1-4,9-10,12H,5-8,11H2. The van der Waals surface area contributed by atoms with E-state index in [9.17, 15) is 4.79 Å². The van der Waals surface area contributed by atoms with E-state index in [0.717, 1.165) is 18.8 Å². The van der Waals surface area contributed by atoms with Crippen molar-refractivity contribution in [2.75, 3.05) is 26.2 Å². The Morgan fingerprint density at radius 2 is 1.93 bits per heavy atom. The van der Waals surface area contributed by atoms with Gasteiger partial charge in [-0.2, -0.15) is 0 Å². The van der Waals surface area contributed by atoms with E-state index in [0.29, 0.717) is 46.9 Å². The van der Waals surface area contributed by atoms with Crippen LogP contribution in [0, 0.1) is 0 Å². The Bertz CT molecular complexity index is 932. The number of rotatable bonds is 4. The Labute approximate surface area is 166 Å². The number of hydrogen-bond donors (Lipinski definition) is 0. The summed E-state index contributed by atoms with van der Waals surface area (Å²) in [5.74, 6) is 0.781. The number of oxazole rings is 1. The van der Waals surface area contributed by atoms with Crippen LogP contribution in [-0.2, 0) is 6.54 Å². The van der Waals surface area contributed by atoms with E-state index in [4.69, 9.17) is 32.0 Å². The van der Waals surface area contributed by atoms with Gasteiger partial charge < -0.3 is 13.7 Å². The third-order valence-electron chi connectivity index (χ3n) is 4.49. The van der Waals surface area contributed by atoms with E-state index in [-0.39, 0.29) is 5.91 Å². The number of amides is 1. The molecule has 0 bridgehead atoms. The summed E-state index contributed by atoms with van der Waals surface area (Å²) in [7, 11) is 0. The lowest BCUT2D eigenvalue weighted by atomic mass is 10.2. The third-order valence-corrected chi connectivity index (χ3v) is 5.04. The highest BCUT2D eigenvalue weighted by Crippen LogP contribution is 2.30. The zero-order valence-electron chi connectivity index (χ0n) is 14.4. The van der Waals surface area contributed by atoms with Gasteiger partial charge in [-0.15, -0.1) is 0 Å². The fraction of sp³-hybridized carbons (Fsp3) is 0.263. The molecule has 0 unspecified atom stereocenters. The molecular formula is C19H17Cl2N3O3. The second kappa shape index (κ2) is 7.76.